The fourth-order valence-electron chi connectivity index (χ4n) is 1.89. The van der Waals surface area contributed by atoms with Crippen molar-refractivity contribution in [1.82, 2.24) is 0 Å². The summed E-state index contributed by atoms with van der Waals surface area (Å²) in [5, 5.41) is 9.99. The molecule has 0 heterocycles. The van der Waals surface area contributed by atoms with Crippen molar-refractivity contribution in [3.8, 4) is 17.2 Å². The van der Waals surface area contributed by atoms with Gasteiger partial charge in [0, 0.05) is 12.0 Å². The first-order valence-corrected chi connectivity index (χ1v) is 6.05. The van der Waals surface area contributed by atoms with E-state index in [9.17, 15) is 18.3 Å². The van der Waals surface area contributed by atoms with Gasteiger partial charge in [-0.25, -0.2) is 0 Å². The zero-order chi connectivity index (χ0) is 16.2. The van der Waals surface area contributed by atoms with Gasteiger partial charge < -0.3 is 25.1 Å². The average molecular weight is 309 g/mol. The van der Waals surface area contributed by atoms with Gasteiger partial charge in [-0.1, -0.05) is 0 Å². The lowest BCUT2D eigenvalue weighted by atomic mass is 10.0. The Morgan fingerprint density at radius 1 is 1.10 bits per heavy atom. The van der Waals surface area contributed by atoms with Gasteiger partial charge in [0.2, 0.25) is 5.75 Å². The molecule has 1 aromatic carbocycles. The molecule has 0 saturated carbocycles. The van der Waals surface area contributed by atoms with Crippen LogP contribution in [0.2, 0.25) is 0 Å². The van der Waals surface area contributed by atoms with Gasteiger partial charge in [-0.05, 0) is 12.1 Å². The zero-order valence-corrected chi connectivity index (χ0v) is 11.9. The van der Waals surface area contributed by atoms with Crippen LogP contribution < -0.4 is 19.9 Å². The van der Waals surface area contributed by atoms with Crippen molar-refractivity contribution in [2.75, 3.05) is 21.3 Å². The number of alkyl halides is 3. The van der Waals surface area contributed by atoms with E-state index in [1.165, 1.54) is 33.5 Å². The molecule has 5 nitrogen and oxygen atoms in total. The van der Waals surface area contributed by atoms with Crippen LogP contribution in [0, 0.1) is 0 Å². The van der Waals surface area contributed by atoms with E-state index in [1.807, 2.05) is 0 Å². The van der Waals surface area contributed by atoms with Crippen LogP contribution in [0.5, 0.6) is 17.2 Å². The Hall–Kier alpha value is -1.67. The van der Waals surface area contributed by atoms with Crippen LogP contribution in [0.15, 0.2) is 12.1 Å². The Bertz CT molecular complexity index is 479. The number of aliphatic hydroxyl groups is 1. The molecule has 0 aromatic heterocycles. The molecule has 0 fully saturated rings. The van der Waals surface area contributed by atoms with E-state index in [0.717, 1.165) is 0 Å². The second-order valence-electron chi connectivity index (χ2n) is 4.32. The molecular weight excluding hydrogens is 291 g/mol. The highest BCUT2D eigenvalue weighted by atomic mass is 19.4. The van der Waals surface area contributed by atoms with Gasteiger partial charge in [0.05, 0.1) is 27.4 Å². The monoisotopic (exact) mass is 309 g/mol. The minimum absolute atomic E-state index is 0.110. The lowest BCUT2D eigenvalue weighted by Gasteiger charge is -2.22. The summed E-state index contributed by atoms with van der Waals surface area (Å²) in [6, 6.07) is 0.748. The lowest BCUT2D eigenvalue weighted by molar-refractivity contribution is -0.153. The van der Waals surface area contributed by atoms with Crippen molar-refractivity contribution >= 4 is 0 Å². The Morgan fingerprint density at radius 3 is 2.10 bits per heavy atom. The number of hydrogen-bond donors (Lipinski definition) is 2. The highest BCUT2D eigenvalue weighted by molar-refractivity contribution is 5.56. The Morgan fingerprint density at radius 2 is 1.67 bits per heavy atom. The summed E-state index contributed by atoms with van der Waals surface area (Å²) >= 11 is 0. The second kappa shape index (κ2) is 6.86. The molecule has 21 heavy (non-hydrogen) atoms. The van der Waals surface area contributed by atoms with Crippen molar-refractivity contribution < 1.29 is 32.5 Å². The number of benzene rings is 1. The number of hydrogen-bond acceptors (Lipinski definition) is 5. The molecule has 0 spiro atoms. The van der Waals surface area contributed by atoms with Crippen molar-refractivity contribution in [2.45, 2.75) is 24.7 Å². The molecule has 2 atom stereocenters. The van der Waals surface area contributed by atoms with E-state index >= 15 is 0 Å². The predicted molar refractivity (Wildman–Crippen MR) is 69.7 cm³/mol. The van der Waals surface area contributed by atoms with Gasteiger partial charge >= 0.3 is 6.18 Å². The molecule has 0 aliphatic rings. The van der Waals surface area contributed by atoms with Crippen LogP contribution in [-0.4, -0.2) is 38.7 Å². The molecule has 1 aromatic rings. The molecule has 0 amide bonds. The van der Waals surface area contributed by atoms with E-state index in [0.29, 0.717) is 5.75 Å². The van der Waals surface area contributed by atoms with E-state index < -0.39 is 24.7 Å². The SMILES string of the molecule is COc1ccc([C@H](O)C[C@H](N)C(F)(F)F)c(OC)c1OC. The summed E-state index contributed by atoms with van der Waals surface area (Å²) in [7, 11) is 4.09. The van der Waals surface area contributed by atoms with E-state index in [-0.39, 0.29) is 17.1 Å². The van der Waals surface area contributed by atoms with Gasteiger partial charge in [0.1, 0.15) is 6.04 Å². The van der Waals surface area contributed by atoms with Crippen molar-refractivity contribution in [1.29, 1.82) is 0 Å². The molecule has 8 heteroatoms. The fourth-order valence-corrected chi connectivity index (χ4v) is 1.89. The zero-order valence-electron chi connectivity index (χ0n) is 11.9. The summed E-state index contributed by atoms with van der Waals surface area (Å²) in [5.74, 6) is 0.640. The lowest BCUT2D eigenvalue weighted by Crippen LogP contribution is -2.38. The van der Waals surface area contributed by atoms with Crippen molar-refractivity contribution in [3.63, 3.8) is 0 Å². The highest BCUT2D eigenvalue weighted by Crippen LogP contribution is 2.43. The minimum Gasteiger partial charge on any atom is -0.493 e. The minimum atomic E-state index is -4.58. The van der Waals surface area contributed by atoms with Gasteiger partial charge in [-0.3, -0.25) is 0 Å². The number of halogens is 3. The quantitative estimate of drug-likeness (QED) is 0.841. The first kappa shape index (κ1) is 17.4. The maximum Gasteiger partial charge on any atom is 0.403 e. The molecule has 120 valence electrons. The van der Waals surface area contributed by atoms with E-state index in [2.05, 4.69) is 0 Å². The predicted octanol–water partition coefficient (Wildman–Crippen LogP) is 2.03. The van der Waals surface area contributed by atoms with Gasteiger partial charge in [-0.15, -0.1) is 0 Å². The van der Waals surface area contributed by atoms with Crippen LogP contribution in [0.4, 0.5) is 13.2 Å². The van der Waals surface area contributed by atoms with E-state index in [1.54, 1.807) is 0 Å². The van der Waals surface area contributed by atoms with Gasteiger partial charge in [0.15, 0.2) is 11.5 Å². The topological polar surface area (TPSA) is 73.9 Å². The number of methoxy groups -OCH3 is 3. The number of ether oxygens (including phenoxy) is 3. The van der Waals surface area contributed by atoms with Crippen LogP contribution in [0.3, 0.4) is 0 Å². The van der Waals surface area contributed by atoms with Crippen LogP contribution in [-0.2, 0) is 0 Å². The highest BCUT2D eigenvalue weighted by Gasteiger charge is 2.38. The first-order valence-electron chi connectivity index (χ1n) is 6.05. The molecule has 1 rings (SSSR count). The van der Waals surface area contributed by atoms with Gasteiger partial charge in [0.25, 0.3) is 0 Å². The molecule has 3 N–H and O–H groups in total. The van der Waals surface area contributed by atoms with Crippen LogP contribution in [0.25, 0.3) is 0 Å². The first-order chi connectivity index (χ1) is 9.76. The Balaban J connectivity index is 3.12. The maximum atomic E-state index is 12.5. The third kappa shape index (κ3) is 3.92. The Labute approximate surface area is 120 Å². The number of rotatable bonds is 6. The maximum absolute atomic E-state index is 12.5. The average Bonchev–Trinajstić information content (AvgIpc) is 2.43. The summed E-state index contributed by atoms with van der Waals surface area (Å²) in [5.41, 5.74) is 5.17. The van der Waals surface area contributed by atoms with Crippen molar-refractivity contribution in [3.05, 3.63) is 17.7 Å². The largest absolute Gasteiger partial charge is 0.493 e. The van der Waals surface area contributed by atoms with Gasteiger partial charge in [-0.2, -0.15) is 13.2 Å². The molecule has 0 aliphatic heterocycles. The third-order valence-corrected chi connectivity index (χ3v) is 2.99. The summed E-state index contributed by atoms with van der Waals surface area (Å²) in [6.07, 6.45) is -6.71. The summed E-state index contributed by atoms with van der Waals surface area (Å²) < 4.78 is 52.7. The Kier molecular flexibility index (Phi) is 5.68. The molecule has 0 saturated heterocycles. The second-order valence-corrected chi connectivity index (χ2v) is 4.32. The molecule has 0 bridgehead atoms. The third-order valence-electron chi connectivity index (χ3n) is 2.99. The summed E-state index contributed by atoms with van der Waals surface area (Å²) in [6.45, 7) is 0. The number of nitrogens with two attached hydrogens (primary N) is 1. The molecule has 0 unspecified atom stereocenters. The normalized spacial score (nSPS) is 14.5. The molecule has 0 aliphatic carbocycles. The molecule has 0 radical (unpaired) electrons. The van der Waals surface area contributed by atoms with Crippen molar-refractivity contribution in [2.24, 2.45) is 5.73 Å². The fraction of sp³-hybridized carbons (Fsp3) is 0.538. The number of aliphatic hydroxyl groups excluding tert-OH is 1. The standard InChI is InChI=1S/C13H18F3NO4/c1-19-9-5-4-7(11(20-2)12(9)21-3)8(18)6-10(17)13(14,15)16/h4-5,8,10,18H,6,17H2,1-3H3/t8-,10+/m1/s1. The van der Waals surface area contributed by atoms with Crippen LogP contribution >= 0.6 is 0 Å². The van der Waals surface area contributed by atoms with E-state index in [4.69, 9.17) is 19.9 Å². The molecular formula is C13H18F3NO4. The van der Waals surface area contributed by atoms with Crippen LogP contribution in [0.1, 0.15) is 18.1 Å². The smallest absolute Gasteiger partial charge is 0.403 e. The summed E-state index contributed by atoms with van der Waals surface area (Å²) in [4.78, 5) is 0.